The van der Waals surface area contributed by atoms with Gasteiger partial charge in [0.15, 0.2) is 0 Å². The third kappa shape index (κ3) is 2.72. The number of aromatic nitrogens is 2. The molecule has 0 atom stereocenters. The minimum Gasteiger partial charge on any atom is -0.382 e. The Kier molecular flexibility index (Phi) is 2.98. The first-order chi connectivity index (χ1) is 9.88. The molecular formula is C17H21N3. The van der Waals surface area contributed by atoms with Crippen molar-refractivity contribution in [2.24, 2.45) is 11.8 Å². The monoisotopic (exact) mass is 267 g/mol. The molecule has 1 aromatic heterocycles. The minimum absolute atomic E-state index is 0.721. The molecule has 0 aliphatic heterocycles. The Morgan fingerprint density at radius 2 is 2.00 bits per heavy atom. The van der Waals surface area contributed by atoms with E-state index in [0.29, 0.717) is 0 Å². The highest BCUT2D eigenvalue weighted by Gasteiger charge is 2.41. The molecule has 0 spiro atoms. The minimum atomic E-state index is 0.721. The van der Waals surface area contributed by atoms with E-state index in [-0.39, 0.29) is 0 Å². The summed E-state index contributed by atoms with van der Waals surface area (Å²) in [6, 6.07) is 9.56. The fraction of sp³-hybridized carbons (Fsp3) is 0.471. The van der Waals surface area contributed by atoms with Crippen LogP contribution in [0.5, 0.6) is 0 Å². The maximum absolute atomic E-state index is 4.10. The van der Waals surface area contributed by atoms with Crippen LogP contribution in [0.1, 0.15) is 31.2 Å². The van der Waals surface area contributed by atoms with Gasteiger partial charge in [-0.1, -0.05) is 12.1 Å². The van der Waals surface area contributed by atoms with Crippen molar-refractivity contribution in [3.8, 4) is 0 Å². The lowest BCUT2D eigenvalue weighted by atomic mass is 10.1. The van der Waals surface area contributed by atoms with Gasteiger partial charge in [-0.05, 0) is 55.2 Å². The molecule has 20 heavy (non-hydrogen) atoms. The Hall–Kier alpha value is -1.77. The molecule has 2 aliphatic carbocycles. The SMILES string of the molecule is c1cc(Cn2ccnc2)cc(NC(C2CC2)C2CC2)c1. The first kappa shape index (κ1) is 12.0. The number of nitrogens with zero attached hydrogens (tertiary/aromatic N) is 2. The van der Waals surface area contributed by atoms with Gasteiger partial charge in [0.2, 0.25) is 0 Å². The van der Waals surface area contributed by atoms with E-state index >= 15 is 0 Å². The van der Waals surface area contributed by atoms with Crippen LogP contribution in [-0.4, -0.2) is 15.6 Å². The lowest BCUT2D eigenvalue weighted by molar-refractivity contribution is 0.567. The predicted octanol–water partition coefficient (Wildman–Crippen LogP) is 3.53. The van der Waals surface area contributed by atoms with Crippen molar-refractivity contribution in [3.05, 3.63) is 48.5 Å². The Morgan fingerprint density at radius 3 is 2.65 bits per heavy atom. The number of rotatable bonds is 6. The average molecular weight is 267 g/mol. The summed E-state index contributed by atoms with van der Waals surface area (Å²) in [7, 11) is 0. The Labute approximate surface area is 120 Å². The van der Waals surface area contributed by atoms with Crippen LogP contribution in [-0.2, 0) is 6.54 Å². The van der Waals surface area contributed by atoms with Crippen LogP contribution in [0.2, 0.25) is 0 Å². The largest absolute Gasteiger partial charge is 0.382 e. The van der Waals surface area contributed by atoms with E-state index in [1.807, 2.05) is 18.7 Å². The summed E-state index contributed by atoms with van der Waals surface area (Å²) in [5.41, 5.74) is 2.62. The zero-order chi connectivity index (χ0) is 13.4. The summed E-state index contributed by atoms with van der Waals surface area (Å²) in [6.45, 7) is 0.896. The van der Waals surface area contributed by atoms with Crippen molar-refractivity contribution in [1.82, 2.24) is 9.55 Å². The molecule has 2 fully saturated rings. The van der Waals surface area contributed by atoms with Crippen molar-refractivity contribution in [3.63, 3.8) is 0 Å². The Balaban J connectivity index is 1.47. The maximum atomic E-state index is 4.10. The van der Waals surface area contributed by atoms with E-state index in [2.05, 4.69) is 39.1 Å². The summed E-state index contributed by atoms with van der Waals surface area (Å²) < 4.78 is 2.11. The molecule has 0 bridgehead atoms. The molecule has 0 unspecified atom stereocenters. The van der Waals surface area contributed by atoms with E-state index in [0.717, 1.165) is 24.4 Å². The fourth-order valence-electron chi connectivity index (χ4n) is 3.07. The second-order valence-corrected chi connectivity index (χ2v) is 6.28. The highest BCUT2D eigenvalue weighted by atomic mass is 15.0. The number of hydrogen-bond donors (Lipinski definition) is 1. The van der Waals surface area contributed by atoms with Gasteiger partial charge in [0.05, 0.1) is 6.33 Å². The maximum Gasteiger partial charge on any atom is 0.0949 e. The molecule has 0 amide bonds. The van der Waals surface area contributed by atoms with Gasteiger partial charge in [0.1, 0.15) is 0 Å². The van der Waals surface area contributed by atoms with E-state index in [9.17, 15) is 0 Å². The van der Waals surface area contributed by atoms with Crippen molar-refractivity contribution in [1.29, 1.82) is 0 Å². The molecule has 2 aromatic rings. The highest BCUT2D eigenvalue weighted by molar-refractivity contribution is 5.47. The second kappa shape index (κ2) is 4.97. The summed E-state index contributed by atoms with van der Waals surface area (Å²) in [5.74, 6) is 1.86. The molecule has 2 saturated carbocycles. The second-order valence-electron chi connectivity index (χ2n) is 6.28. The van der Waals surface area contributed by atoms with Crippen LogP contribution in [0, 0.1) is 11.8 Å². The van der Waals surface area contributed by atoms with Gasteiger partial charge >= 0.3 is 0 Å². The first-order valence-electron chi connectivity index (χ1n) is 7.70. The van der Waals surface area contributed by atoms with Gasteiger partial charge in [-0.2, -0.15) is 0 Å². The summed E-state index contributed by atoms with van der Waals surface area (Å²) in [6.07, 6.45) is 11.4. The molecule has 104 valence electrons. The van der Waals surface area contributed by atoms with Crippen LogP contribution in [0.15, 0.2) is 43.0 Å². The Morgan fingerprint density at radius 1 is 1.20 bits per heavy atom. The third-order valence-corrected chi connectivity index (χ3v) is 4.44. The van der Waals surface area contributed by atoms with Gasteiger partial charge in [-0.15, -0.1) is 0 Å². The van der Waals surface area contributed by atoms with Gasteiger partial charge in [0.25, 0.3) is 0 Å². The van der Waals surface area contributed by atoms with Crippen LogP contribution >= 0.6 is 0 Å². The van der Waals surface area contributed by atoms with Crippen LogP contribution in [0.3, 0.4) is 0 Å². The third-order valence-electron chi connectivity index (χ3n) is 4.44. The van der Waals surface area contributed by atoms with Gasteiger partial charge in [-0.3, -0.25) is 0 Å². The van der Waals surface area contributed by atoms with Gasteiger partial charge in [-0.25, -0.2) is 4.98 Å². The molecule has 3 heteroatoms. The molecule has 0 radical (unpaired) electrons. The topological polar surface area (TPSA) is 29.9 Å². The molecule has 0 saturated heterocycles. The Bertz CT molecular complexity index is 556. The van der Waals surface area contributed by atoms with Gasteiger partial charge < -0.3 is 9.88 Å². The van der Waals surface area contributed by atoms with Gasteiger partial charge in [0, 0.05) is 30.7 Å². The molecule has 4 rings (SSSR count). The smallest absolute Gasteiger partial charge is 0.0949 e. The van der Waals surface area contributed by atoms with E-state index in [1.165, 1.54) is 36.9 Å². The average Bonchev–Trinajstić information content (AvgIpc) is 3.38. The van der Waals surface area contributed by atoms with Crippen LogP contribution < -0.4 is 5.32 Å². The van der Waals surface area contributed by atoms with Crippen LogP contribution in [0.25, 0.3) is 0 Å². The molecular weight excluding hydrogens is 246 g/mol. The molecule has 2 aliphatic rings. The first-order valence-corrected chi connectivity index (χ1v) is 7.70. The zero-order valence-corrected chi connectivity index (χ0v) is 11.7. The van der Waals surface area contributed by atoms with E-state index < -0.39 is 0 Å². The standard InChI is InChI=1S/C17H21N3/c1-2-13(11-20-9-8-18-12-20)10-16(3-1)19-17(14-4-5-14)15-6-7-15/h1-3,8-10,12,14-15,17,19H,4-7,11H2. The number of imidazole rings is 1. The predicted molar refractivity (Wildman–Crippen MR) is 80.6 cm³/mol. The number of hydrogen-bond acceptors (Lipinski definition) is 2. The molecule has 3 nitrogen and oxygen atoms in total. The molecule has 1 N–H and O–H groups in total. The lowest BCUT2D eigenvalue weighted by Gasteiger charge is -2.19. The van der Waals surface area contributed by atoms with Crippen molar-refractivity contribution in [2.75, 3.05) is 5.32 Å². The summed E-state index contributed by atoms with van der Waals surface area (Å²) in [4.78, 5) is 4.10. The molecule has 1 aromatic carbocycles. The van der Waals surface area contributed by atoms with Crippen molar-refractivity contribution < 1.29 is 0 Å². The normalized spacial score (nSPS) is 18.4. The quantitative estimate of drug-likeness (QED) is 0.867. The fourth-order valence-corrected chi connectivity index (χ4v) is 3.07. The van der Waals surface area contributed by atoms with E-state index in [4.69, 9.17) is 0 Å². The lowest BCUT2D eigenvalue weighted by Crippen LogP contribution is -2.24. The number of nitrogens with one attached hydrogen (secondary N) is 1. The van der Waals surface area contributed by atoms with Crippen molar-refractivity contribution >= 4 is 5.69 Å². The zero-order valence-electron chi connectivity index (χ0n) is 11.7. The summed E-state index contributed by atoms with van der Waals surface area (Å²) >= 11 is 0. The van der Waals surface area contributed by atoms with E-state index in [1.54, 1.807) is 0 Å². The highest BCUT2D eigenvalue weighted by Crippen LogP contribution is 2.45. The van der Waals surface area contributed by atoms with Crippen molar-refractivity contribution in [2.45, 2.75) is 38.3 Å². The number of anilines is 1. The number of benzene rings is 1. The summed E-state index contributed by atoms with van der Waals surface area (Å²) in [5, 5.41) is 3.80. The van der Waals surface area contributed by atoms with Crippen LogP contribution in [0.4, 0.5) is 5.69 Å². The molecule has 1 heterocycles.